The highest BCUT2D eigenvalue weighted by Crippen LogP contribution is 2.30. The Hall–Kier alpha value is -1.52. The van der Waals surface area contributed by atoms with Gasteiger partial charge in [0.05, 0.1) is 0 Å². The number of ether oxygens (including phenoxy) is 1. The number of anilines is 1. The van der Waals surface area contributed by atoms with Crippen molar-refractivity contribution < 1.29 is 18.6 Å². The van der Waals surface area contributed by atoms with Gasteiger partial charge in [-0.1, -0.05) is 6.07 Å². The molecule has 0 atom stereocenters. The van der Waals surface area contributed by atoms with Crippen LogP contribution < -0.4 is 10.5 Å². The minimum absolute atomic E-state index is 0.183. The normalized spacial score (nSPS) is 10.2. The van der Waals surface area contributed by atoms with Crippen molar-refractivity contribution in [2.24, 2.45) is 0 Å². The summed E-state index contributed by atoms with van der Waals surface area (Å²) in [4.78, 5) is 0. The third kappa shape index (κ3) is 1.75. The summed E-state index contributed by atoms with van der Waals surface area (Å²) in [5.41, 5.74) is 5.04. The summed E-state index contributed by atoms with van der Waals surface area (Å²) in [7, 11) is 0. The number of halogens is 2. The zero-order valence-electron chi connectivity index (χ0n) is 6.00. The lowest BCUT2D eigenvalue weighted by atomic mass is 10.3. The van der Waals surface area contributed by atoms with Crippen LogP contribution in [0.1, 0.15) is 0 Å². The van der Waals surface area contributed by atoms with Crippen LogP contribution in [0.5, 0.6) is 11.5 Å². The molecule has 1 aromatic carbocycles. The van der Waals surface area contributed by atoms with Crippen LogP contribution in [-0.2, 0) is 0 Å². The lowest BCUT2D eigenvalue weighted by Gasteiger charge is -2.07. The van der Waals surface area contributed by atoms with Crippen LogP contribution in [-0.4, -0.2) is 11.7 Å². The monoisotopic (exact) mass is 175 g/mol. The lowest BCUT2D eigenvalue weighted by molar-refractivity contribution is -0.0493. The number of aromatic hydroxyl groups is 1. The maximum atomic E-state index is 11.7. The third-order valence-corrected chi connectivity index (χ3v) is 1.26. The van der Waals surface area contributed by atoms with E-state index in [1.807, 2.05) is 0 Å². The zero-order valence-corrected chi connectivity index (χ0v) is 6.00. The summed E-state index contributed by atoms with van der Waals surface area (Å²) >= 11 is 0. The maximum Gasteiger partial charge on any atom is 0.387 e. The van der Waals surface area contributed by atoms with Gasteiger partial charge in [-0.05, 0) is 12.1 Å². The molecule has 5 heteroatoms. The molecule has 0 heterocycles. The van der Waals surface area contributed by atoms with Gasteiger partial charge in [-0.3, -0.25) is 0 Å². The zero-order chi connectivity index (χ0) is 9.14. The van der Waals surface area contributed by atoms with E-state index in [4.69, 9.17) is 10.8 Å². The Morgan fingerprint density at radius 3 is 2.67 bits per heavy atom. The number of phenols is 1. The van der Waals surface area contributed by atoms with Crippen molar-refractivity contribution in [3.8, 4) is 11.5 Å². The number of hydrogen-bond acceptors (Lipinski definition) is 3. The minimum Gasteiger partial charge on any atom is -0.506 e. The van der Waals surface area contributed by atoms with Crippen LogP contribution in [0.25, 0.3) is 0 Å². The molecule has 0 unspecified atom stereocenters. The van der Waals surface area contributed by atoms with Crippen LogP contribution in [0.3, 0.4) is 0 Å². The van der Waals surface area contributed by atoms with Crippen molar-refractivity contribution in [3.05, 3.63) is 18.2 Å². The van der Waals surface area contributed by atoms with Gasteiger partial charge in [-0.25, -0.2) is 0 Å². The molecule has 0 bridgehead atoms. The molecule has 1 rings (SSSR count). The fraction of sp³-hybridized carbons (Fsp3) is 0.143. The summed E-state index contributed by atoms with van der Waals surface area (Å²) < 4.78 is 27.4. The van der Waals surface area contributed by atoms with E-state index in [0.29, 0.717) is 0 Å². The van der Waals surface area contributed by atoms with Crippen LogP contribution in [0.4, 0.5) is 14.5 Å². The van der Waals surface area contributed by atoms with Gasteiger partial charge < -0.3 is 15.6 Å². The maximum absolute atomic E-state index is 11.7. The highest BCUT2D eigenvalue weighted by Gasteiger charge is 2.09. The topological polar surface area (TPSA) is 55.5 Å². The van der Waals surface area contributed by atoms with E-state index in [-0.39, 0.29) is 17.2 Å². The summed E-state index contributed by atoms with van der Waals surface area (Å²) in [5.74, 6) is -0.488. The van der Waals surface area contributed by atoms with Crippen molar-refractivity contribution >= 4 is 5.69 Å². The molecule has 1 aromatic rings. The van der Waals surface area contributed by atoms with Crippen LogP contribution in [0, 0.1) is 0 Å². The van der Waals surface area contributed by atoms with E-state index in [1.165, 1.54) is 18.2 Å². The van der Waals surface area contributed by atoms with Gasteiger partial charge in [0.1, 0.15) is 11.4 Å². The van der Waals surface area contributed by atoms with E-state index in [2.05, 4.69) is 4.74 Å². The molecule has 66 valence electrons. The number of nitrogens with two attached hydrogens (primary N) is 1. The highest BCUT2D eigenvalue weighted by molar-refractivity contribution is 5.61. The summed E-state index contributed by atoms with van der Waals surface area (Å²) in [6.45, 7) is -2.94. The fourth-order valence-corrected chi connectivity index (χ4v) is 0.731. The Bertz CT molecular complexity index is 278. The van der Waals surface area contributed by atoms with Crippen molar-refractivity contribution in [2.45, 2.75) is 6.61 Å². The average Bonchev–Trinajstić information content (AvgIpc) is 1.98. The number of hydrogen-bond donors (Lipinski definition) is 2. The molecule has 12 heavy (non-hydrogen) atoms. The Morgan fingerprint density at radius 2 is 2.08 bits per heavy atom. The van der Waals surface area contributed by atoms with Gasteiger partial charge in [0.25, 0.3) is 0 Å². The molecule has 0 saturated carbocycles. The lowest BCUT2D eigenvalue weighted by Crippen LogP contribution is -2.04. The van der Waals surface area contributed by atoms with Crippen LogP contribution >= 0.6 is 0 Å². The average molecular weight is 175 g/mol. The Balaban J connectivity index is 2.92. The SMILES string of the molecule is Nc1c(O)cccc1OC(F)F. The highest BCUT2D eigenvalue weighted by atomic mass is 19.3. The smallest absolute Gasteiger partial charge is 0.387 e. The number of benzene rings is 1. The summed E-state index contributed by atoms with van der Waals surface area (Å²) in [5, 5.41) is 8.96. The number of nitrogen functional groups attached to an aromatic ring is 1. The quantitative estimate of drug-likeness (QED) is 0.530. The van der Waals surface area contributed by atoms with Gasteiger partial charge in [0, 0.05) is 0 Å². The first kappa shape index (κ1) is 8.58. The van der Waals surface area contributed by atoms with E-state index in [0.717, 1.165) is 0 Å². The van der Waals surface area contributed by atoms with Crippen molar-refractivity contribution in [2.75, 3.05) is 5.73 Å². The molecule has 0 aliphatic rings. The van der Waals surface area contributed by atoms with Crippen LogP contribution in [0.2, 0.25) is 0 Å². The molecule has 0 aliphatic carbocycles. The molecule has 3 N–H and O–H groups in total. The van der Waals surface area contributed by atoms with E-state index >= 15 is 0 Å². The first-order valence-electron chi connectivity index (χ1n) is 3.13. The predicted molar refractivity (Wildman–Crippen MR) is 39.2 cm³/mol. The molecule has 0 spiro atoms. The third-order valence-electron chi connectivity index (χ3n) is 1.26. The van der Waals surface area contributed by atoms with Gasteiger partial charge in [-0.2, -0.15) is 8.78 Å². The molecule has 0 aliphatic heterocycles. The second-order valence-electron chi connectivity index (χ2n) is 2.07. The minimum atomic E-state index is -2.94. The molecule has 3 nitrogen and oxygen atoms in total. The number of alkyl halides is 2. The first-order chi connectivity index (χ1) is 5.61. The van der Waals surface area contributed by atoms with Gasteiger partial charge >= 0.3 is 6.61 Å². The van der Waals surface area contributed by atoms with E-state index in [1.54, 1.807) is 0 Å². The fourth-order valence-electron chi connectivity index (χ4n) is 0.731. The predicted octanol–water partition coefficient (Wildman–Crippen LogP) is 1.58. The van der Waals surface area contributed by atoms with E-state index < -0.39 is 6.61 Å². The molecule has 0 fully saturated rings. The Morgan fingerprint density at radius 1 is 1.42 bits per heavy atom. The van der Waals surface area contributed by atoms with Crippen molar-refractivity contribution in [3.63, 3.8) is 0 Å². The second kappa shape index (κ2) is 3.25. The molecule has 0 aromatic heterocycles. The molecule has 0 saturated heterocycles. The van der Waals surface area contributed by atoms with Crippen molar-refractivity contribution in [1.29, 1.82) is 0 Å². The number of phenolic OH excluding ortho intramolecular Hbond substituents is 1. The van der Waals surface area contributed by atoms with Crippen molar-refractivity contribution in [1.82, 2.24) is 0 Å². The molecule has 0 radical (unpaired) electrons. The number of rotatable bonds is 2. The largest absolute Gasteiger partial charge is 0.506 e. The van der Waals surface area contributed by atoms with Gasteiger partial charge in [0.2, 0.25) is 0 Å². The van der Waals surface area contributed by atoms with E-state index in [9.17, 15) is 8.78 Å². The summed E-state index contributed by atoms with van der Waals surface area (Å²) in [6.07, 6.45) is 0. The Labute approximate surface area is 67.4 Å². The Kier molecular flexibility index (Phi) is 2.32. The van der Waals surface area contributed by atoms with Gasteiger partial charge in [0.15, 0.2) is 5.75 Å². The first-order valence-corrected chi connectivity index (χ1v) is 3.13. The van der Waals surface area contributed by atoms with Gasteiger partial charge in [-0.15, -0.1) is 0 Å². The standard InChI is InChI=1S/C7H7F2NO2/c8-7(9)12-5-3-1-2-4(11)6(5)10/h1-3,7,11H,10H2. The molecule has 0 amide bonds. The van der Waals surface area contributed by atoms with Crippen LogP contribution in [0.15, 0.2) is 18.2 Å². The molecular weight excluding hydrogens is 168 g/mol. The summed E-state index contributed by atoms with van der Waals surface area (Å²) in [6, 6.07) is 3.90. The second-order valence-corrected chi connectivity index (χ2v) is 2.07. The molecular formula is C7H7F2NO2. The number of para-hydroxylation sites is 1.